The van der Waals surface area contributed by atoms with E-state index in [1.54, 1.807) is 16.3 Å². The summed E-state index contributed by atoms with van der Waals surface area (Å²) in [5, 5.41) is 11.5. The molecule has 10 heteroatoms. The highest BCUT2D eigenvalue weighted by atomic mass is 32.2. The zero-order valence-electron chi connectivity index (χ0n) is 21.2. The molecule has 0 radical (unpaired) electrons. The number of aliphatic hydroxyl groups is 1. The molecule has 3 heterocycles. The van der Waals surface area contributed by atoms with Crippen molar-refractivity contribution in [3.05, 3.63) is 74.2 Å². The van der Waals surface area contributed by atoms with Gasteiger partial charge in [-0.15, -0.1) is 11.8 Å². The first-order valence-electron chi connectivity index (χ1n) is 12.7. The summed E-state index contributed by atoms with van der Waals surface area (Å²) in [7, 11) is 0. The minimum Gasteiger partial charge on any atom is -0.395 e. The standard InChI is InChI=1S/C26H36N6O3S/c1-3-10-32-25(34)23-24(31(26(32)35)14-12-29-16-18-36-20-29)27-22(19-21-8-6-5-7-9-21)30(23)13-11-28(4-2)15-17-33/h5-9,16,18,33H,3-4,10-15,17,19-20H2,1-2H3. The van der Waals surface area contributed by atoms with Crippen LogP contribution in [0, 0.1) is 0 Å². The fourth-order valence-electron chi connectivity index (χ4n) is 4.60. The normalized spacial score (nSPS) is 13.5. The van der Waals surface area contributed by atoms with Crippen molar-refractivity contribution in [1.29, 1.82) is 0 Å². The summed E-state index contributed by atoms with van der Waals surface area (Å²) < 4.78 is 5.05. The summed E-state index contributed by atoms with van der Waals surface area (Å²) in [6, 6.07) is 10.1. The third kappa shape index (κ3) is 5.77. The molecular formula is C26H36N6O3S. The number of likely N-dealkylation sites (N-methyl/N-ethyl adjacent to an activating group) is 1. The Hall–Kier alpha value is -2.82. The van der Waals surface area contributed by atoms with Crippen molar-refractivity contribution < 1.29 is 5.11 Å². The van der Waals surface area contributed by atoms with Gasteiger partial charge in [0, 0.05) is 51.9 Å². The number of thioether (sulfide) groups is 1. The van der Waals surface area contributed by atoms with Gasteiger partial charge in [0.2, 0.25) is 0 Å². The zero-order chi connectivity index (χ0) is 25.5. The first kappa shape index (κ1) is 26.2. The van der Waals surface area contributed by atoms with Gasteiger partial charge in [0.05, 0.1) is 12.5 Å². The van der Waals surface area contributed by atoms with Crippen LogP contribution in [0.15, 0.2) is 51.5 Å². The molecule has 4 rings (SSSR count). The van der Waals surface area contributed by atoms with E-state index in [2.05, 4.69) is 22.1 Å². The largest absolute Gasteiger partial charge is 0.395 e. The summed E-state index contributed by atoms with van der Waals surface area (Å²) in [4.78, 5) is 36.4. The van der Waals surface area contributed by atoms with Crippen LogP contribution in [0.5, 0.6) is 0 Å². The van der Waals surface area contributed by atoms with Gasteiger partial charge in [-0.05, 0) is 23.9 Å². The SMILES string of the molecule is CCCn1c(=O)c2c(nc(Cc3ccccc3)n2CCN(CC)CCO)n(CCN2C=CSC2)c1=O. The molecule has 0 saturated heterocycles. The quantitative estimate of drug-likeness (QED) is 0.375. The first-order valence-corrected chi connectivity index (χ1v) is 13.7. The molecule has 3 aromatic rings. The maximum atomic E-state index is 13.7. The van der Waals surface area contributed by atoms with Crippen LogP contribution in [-0.4, -0.2) is 72.3 Å². The molecule has 0 fully saturated rings. The minimum atomic E-state index is -0.295. The van der Waals surface area contributed by atoms with Gasteiger partial charge in [-0.2, -0.15) is 0 Å². The second-order valence-corrected chi connectivity index (χ2v) is 9.82. The molecule has 9 nitrogen and oxygen atoms in total. The number of aromatic nitrogens is 4. The predicted octanol–water partition coefficient (Wildman–Crippen LogP) is 2.15. The zero-order valence-corrected chi connectivity index (χ0v) is 22.0. The first-order chi connectivity index (χ1) is 17.6. The second-order valence-electron chi connectivity index (χ2n) is 8.96. The van der Waals surface area contributed by atoms with Gasteiger partial charge in [0.25, 0.3) is 5.56 Å². The van der Waals surface area contributed by atoms with Crippen LogP contribution in [0.2, 0.25) is 0 Å². The molecule has 0 aliphatic carbocycles. The molecule has 1 aromatic carbocycles. The summed E-state index contributed by atoms with van der Waals surface area (Å²) in [6.07, 6.45) is 3.29. The molecule has 1 N–H and O–H groups in total. The highest BCUT2D eigenvalue weighted by molar-refractivity contribution is 8.02. The predicted molar refractivity (Wildman–Crippen MR) is 145 cm³/mol. The Morgan fingerprint density at radius 1 is 1.00 bits per heavy atom. The van der Waals surface area contributed by atoms with Crippen LogP contribution >= 0.6 is 11.8 Å². The van der Waals surface area contributed by atoms with E-state index in [0.717, 1.165) is 23.8 Å². The summed E-state index contributed by atoms with van der Waals surface area (Å²) >= 11 is 1.72. The molecule has 194 valence electrons. The minimum absolute atomic E-state index is 0.0848. The van der Waals surface area contributed by atoms with Gasteiger partial charge < -0.3 is 14.6 Å². The number of nitrogens with zero attached hydrogens (tertiary/aromatic N) is 6. The summed E-state index contributed by atoms with van der Waals surface area (Å²) in [5.74, 6) is 1.63. The molecule has 2 aromatic heterocycles. The number of aliphatic hydroxyl groups excluding tert-OH is 1. The smallest absolute Gasteiger partial charge is 0.332 e. The maximum absolute atomic E-state index is 13.7. The molecule has 0 saturated carbocycles. The Labute approximate surface area is 215 Å². The molecule has 1 aliphatic heterocycles. The molecule has 0 atom stereocenters. The van der Waals surface area contributed by atoms with E-state index in [1.807, 2.05) is 48.0 Å². The van der Waals surface area contributed by atoms with Crippen LogP contribution in [0.25, 0.3) is 11.2 Å². The fraction of sp³-hybridized carbons (Fsp3) is 0.500. The molecule has 0 amide bonds. The third-order valence-electron chi connectivity index (χ3n) is 6.57. The van der Waals surface area contributed by atoms with Gasteiger partial charge in [0.15, 0.2) is 11.2 Å². The average Bonchev–Trinajstić information content (AvgIpc) is 3.53. The summed E-state index contributed by atoms with van der Waals surface area (Å²) in [6.45, 7) is 8.21. The lowest BCUT2D eigenvalue weighted by Gasteiger charge is -2.20. The van der Waals surface area contributed by atoms with Crippen molar-refractivity contribution in [1.82, 2.24) is 28.5 Å². The van der Waals surface area contributed by atoms with Crippen LogP contribution in [0.1, 0.15) is 31.7 Å². The Balaban J connectivity index is 1.84. The number of hydrogen-bond donors (Lipinski definition) is 1. The molecule has 1 aliphatic rings. The highest BCUT2D eigenvalue weighted by Gasteiger charge is 2.22. The highest BCUT2D eigenvalue weighted by Crippen LogP contribution is 2.18. The Morgan fingerprint density at radius 2 is 1.81 bits per heavy atom. The van der Waals surface area contributed by atoms with Crippen molar-refractivity contribution in [3.8, 4) is 0 Å². The number of imidazole rings is 1. The monoisotopic (exact) mass is 512 g/mol. The number of benzene rings is 1. The van der Waals surface area contributed by atoms with Crippen molar-refractivity contribution in [3.63, 3.8) is 0 Å². The van der Waals surface area contributed by atoms with Crippen LogP contribution in [0.3, 0.4) is 0 Å². The molecule has 36 heavy (non-hydrogen) atoms. The topological polar surface area (TPSA) is 88.5 Å². The van der Waals surface area contributed by atoms with Gasteiger partial charge >= 0.3 is 5.69 Å². The van der Waals surface area contributed by atoms with Gasteiger partial charge in [-0.1, -0.05) is 44.2 Å². The Morgan fingerprint density at radius 3 is 2.47 bits per heavy atom. The van der Waals surface area contributed by atoms with Crippen molar-refractivity contribution >= 4 is 22.9 Å². The molecule has 0 unspecified atom stereocenters. The average molecular weight is 513 g/mol. The number of hydrogen-bond acceptors (Lipinski definition) is 7. The summed E-state index contributed by atoms with van der Waals surface area (Å²) in [5.41, 5.74) is 1.47. The molecule has 0 spiro atoms. The lowest BCUT2D eigenvalue weighted by Crippen LogP contribution is -2.42. The van der Waals surface area contributed by atoms with E-state index >= 15 is 0 Å². The van der Waals surface area contributed by atoms with Crippen LogP contribution < -0.4 is 11.2 Å². The number of rotatable bonds is 13. The van der Waals surface area contributed by atoms with Crippen molar-refractivity contribution in [2.75, 3.05) is 38.7 Å². The van der Waals surface area contributed by atoms with Crippen LogP contribution in [0.4, 0.5) is 0 Å². The van der Waals surface area contributed by atoms with E-state index < -0.39 is 0 Å². The lowest BCUT2D eigenvalue weighted by molar-refractivity contribution is 0.197. The van der Waals surface area contributed by atoms with E-state index in [9.17, 15) is 14.7 Å². The van der Waals surface area contributed by atoms with Crippen molar-refractivity contribution in [2.24, 2.45) is 0 Å². The van der Waals surface area contributed by atoms with E-state index in [-0.39, 0.29) is 17.9 Å². The second kappa shape index (κ2) is 12.4. The van der Waals surface area contributed by atoms with E-state index in [4.69, 9.17) is 4.98 Å². The lowest BCUT2D eigenvalue weighted by atomic mass is 10.1. The third-order valence-corrected chi connectivity index (χ3v) is 7.36. The van der Waals surface area contributed by atoms with E-state index in [0.29, 0.717) is 63.3 Å². The molecule has 0 bridgehead atoms. The molecular weight excluding hydrogens is 476 g/mol. The van der Waals surface area contributed by atoms with Gasteiger partial charge in [-0.25, -0.2) is 9.78 Å². The van der Waals surface area contributed by atoms with Gasteiger partial charge in [0.1, 0.15) is 5.82 Å². The van der Waals surface area contributed by atoms with Gasteiger partial charge in [-0.3, -0.25) is 18.8 Å². The number of fused-ring (bicyclic) bond motifs is 1. The van der Waals surface area contributed by atoms with Crippen molar-refractivity contribution in [2.45, 2.75) is 46.3 Å². The van der Waals surface area contributed by atoms with E-state index in [1.165, 1.54) is 4.57 Å². The Bertz CT molecular complexity index is 1300. The maximum Gasteiger partial charge on any atom is 0.332 e. The Kier molecular flexibility index (Phi) is 9.06. The van der Waals surface area contributed by atoms with Crippen LogP contribution in [-0.2, 0) is 26.1 Å². The fourth-order valence-corrected chi connectivity index (χ4v) is 5.35.